The van der Waals surface area contributed by atoms with Crippen LogP contribution in [0.2, 0.25) is 5.02 Å². The van der Waals surface area contributed by atoms with E-state index in [1.165, 1.54) is 18.2 Å². The molecule has 6 nitrogen and oxygen atoms in total. The normalized spacial score (nSPS) is 10.4. The summed E-state index contributed by atoms with van der Waals surface area (Å²) < 4.78 is 5.60. The van der Waals surface area contributed by atoms with Crippen LogP contribution in [0.3, 0.4) is 0 Å². The molecule has 0 aliphatic rings. The lowest BCUT2D eigenvalue weighted by molar-refractivity contribution is -0.385. The van der Waals surface area contributed by atoms with Crippen molar-refractivity contribution < 1.29 is 9.66 Å². The Hall–Kier alpha value is -2.18. The van der Waals surface area contributed by atoms with Crippen molar-refractivity contribution in [2.45, 2.75) is 13.5 Å². The van der Waals surface area contributed by atoms with Crippen molar-refractivity contribution in [1.29, 1.82) is 0 Å². The van der Waals surface area contributed by atoms with Crippen LogP contribution >= 0.6 is 11.6 Å². The van der Waals surface area contributed by atoms with Crippen molar-refractivity contribution in [2.75, 3.05) is 6.54 Å². The van der Waals surface area contributed by atoms with E-state index in [-0.39, 0.29) is 11.4 Å². The average molecular weight is 308 g/mol. The number of benzene rings is 1. The first-order chi connectivity index (χ1) is 10.1. The number of hydrogen-bond donors (Lipinski definition) is 1. The van der Waals surface area contributed by atoms with Crippen LogP contribution in [0.4, 0.5) is 5.69 Å². The Morgan fingerprint density at radius 2 is 2.24 bits per heavy atom. The molecule has 0 radical (unpaired) electrons. The maximum absolute atomic E-state index is 11.0. The summed E-state index contributed by atoms with van der Waals surface area (Å²) in [6.45, 7) is 3.35. The highest BCUT2D eigenvalue weighted by molar-refractivity contribution is 6.30. The molecular weight excluding hydrogens is 294 g/mol. The van der Waals surface area contributed by atoms with Gasteiger partial charge in [-0.15, -0.1) is 0 Å². The average Bonchev–Trinajstić information content (AvgIpc) is 2.46. The summed E-state index contributed by atoms with van der Waals surface area (Å²) in [5, 5.41) is 14.6. The van der Waals surface area contributed by atoms with E-state index in [4.69, 9.17) is 16.3 Å². The minimum absolute atomic E-state index is 0.0731. The number of rotatable bonds is 6. The molecule has 1 aromatic carbocycles. The highest BCUT2D eigenvalue weighted by atomic mass is 35.5. The van der Waals surface area contributed by atoms with Gasteiger partial charge in [0.1, 0.15) is 0 Å². The number of nitro groups is 1. The van der Waals surface area contributed by atoms with Crippen LogP contribution in [0.1, 0.15) is 12.5 Å². The Morgan fingerprint density at radius 1 is 1.43 bits per heavy atom. The monoisotopic (exact) mass is 307 g/mol. The quantitative estimate of drug-likeness (QED) is 0.652. The van der Waals surface area contributed by atoms with Crippen LogP contribution in [0.15, 0.2) is 36.5 Å². The predicted molar refractivity (Wildman–Crippen MR) is 79.8 cm³/mol. The molecule has 1 aromatic heterocycles. The molecule has 0 fully saturated rings. The molecule has 1 N–H and O–H groups in total. The summed E-state index contributed by atoms with van der Waals surface area (Å²) in [6, 6.07) is 7.80. The second-order valence-electron chi connectivity index (χ2n) is 4.22. The fraction of sp³-hybridized carbons (Fsp3) is 0.214. The molecule has 0 unspecified atom stereocenters. The van der Waals surface area contributed by atoms with Gasteiger partial charge < -0.3 is 10.1 Å². The van der Waals surface area contributed by atoms with Crippen LogP contribution in [-0.4, -0.2) is 16.5 Å². The summed E-state index contributed by atoms with van der Waals surface area (Å²) >= 11 is 5.88. The maximum Gasteiger partial charge on any atom is 0.311 e. The minimum atomic E-state index is -0.515. The standard InChI is InChI=1S/C14H14ClN3O3/c1-2-16-9-10-4-3-7-17-14(10)21-13-8-11(15)5-6-12(13)18(19)20/h3-8,16H,2,9H2,1H3. The Kier molecular flexibility index (Phi) is 5.08. The number of pyridine rings is 1. The molecule has 0 bridgehead atoms. The molecule has 2 rings (SSSR count). The smallest absolute Gasteiger partial charge is 0.311 e. The molecule has 0 amide bonds. The van der Waals surface area contributed by atoms with Crippen LogP contribution in [0.5, 0.6) is 11.6 Å². The van der Waals surface area contributed by atoms with E-state index in [2.05, 4.69) is 10.3 Å². The molecule has 110 valence electrons. The molecular formula is C14H14ClN3O3. The summed E-state index contributed by atoms with van der Waals surface area (Å²) in [5.41, 5.74) is 0.660. The maximum atomic E-state index is 11.0. The zero-order chi connectivity index (χ0) is 15.2. The third-order valence-corrected chi connectivity index (χ3v) is 2.98. The van der Waals surface area contributed by atoms with Crippen LogP contribution in [0.25, 0.3) is 0 Å². The largest absolute Gasteiger partial charge is 0.431 e. The van der Waals surface area contributed by atoms with Crippen molar-refractivity contribution in [3.05, 3.63) is 57.2 Å². The van der Waals surface area contributed by atoms with Gasteiger partial charge in [0.15, 0.2) is 0 Å². The second kappa shape index (κ2) is 7.01. The number of nitrogens with one attached hydrogen (secondary N) is 1. The third kappa shape index (κ3) is 3.90. The summed E-state index contributed by atoms with van der Waals surface area (Å²) in [5.74, 6) is 0.396. The van der Waals surface area contributed by atoms with Gasteiger partial charge in [-0.25, -0.2) is 4.98 Å². The van der Waals surface area contributed by atoms with E-state index in [0.29, 0.717) is 17.4 Å². The molecule has 0 spiro atoms. The lowest BCUT2D eigenvalue weighted by Crippen LogP contribution is -2.12. The Labute approximate surface area is 126 Å². The Bertz CT molecular complexity index is 649. The van der Waals surface area contributed by atoms with Gasteiger partial charge in [-0.3, -0.25) is 10.1 Å². The van der Waals surface area contributed by atoms with E-state index < -0.39 is 4.92 Å². The number of halogens is 1. The predicted octanol–water partition coefficient (Wildman–Crippen LogP) is 3.55. The zero-order valence-corrected chi connectivity index (χ0v) is 12.1. The highest BCUT2D eigenvalue weighted by Gasteiger charge is 2.17. The summed E-state index contributed by atoms with van der Waals surface area (Å²) in [4.78, 5) is 14.6. The molecule has 7 heteroatoms. The van der Waals surface area contributed by atoms with Crippen molar-refractivity contribution in [2.24, 2.45) is 0 Å². The fourth-order valence-electron chi connectivity index (χ4n) is 1.73. The van der Waals surface area contributed by atoms with E-state index in [1.54, 1.807) is 12.3 Å². The van der Waals surface area contributed by atoms with Gasteiger partial charge in [0.2, 0.25) is 11.6 Å². The molecule has 0 atom stereocenters. The number of nitrogens with zero attached hydrogens (tertiary/aromatic N) is 2. The van der Waals surface area contributed by atoms with E-state index in [9.17, 15) is 10.1 Å². The van der Waals surface area contributed by atoms with Crippen LogP contribution < -0.4 is 10.1 Å². The first kappa shape index (κ1) is 15.2. The second-order valence-corrected chi connectivity index (χ2v) is 4.66. The molecule has 0 aliphatic heterocycles. The SMILES string of the molecule is CCNCc1cccnc1Oc1cc(Cl)ccc1[N+](=O)[O-]. The van der Waals surface area contributed by atoms with Gasteiger partial charge >= 0.3 is 5.69 Å². The van der Waals surface area contributed by atoms with Gasteiger partial charge in [0.05, 0.1) is 4.92 Å². The first-order valence-corrected chi connectivity index (χ1v) is 6.76. The lowest BCUT2D eigenvalue weighted by atomic mass is 10.2. The highest BCUT2D eigenvalue weighted by Crippen LogP contribution is 2.34. The summed E-state index contributed by atoms with van der Waals surface area (Å²) in [6.07, 6.45) is 1.57. The van der Waals surface area contributed by atoms with Crippen LogP contribution in [0, 0.1) is 10.1 Å². The van der Waals surface area contributed by atoms with Gasteiger partial charge in [-0.1, -0.05) is 24.6 Å². The topological polar surface area (TPSA) is 77.3 Å². The van der Waals surface area contributed by atoms with E-state index in [0.717, 1.165) is 12.1 Å². The molecule has 0 aliphatic carbocycles. The third-order valence-electron chi connectivity index (χ3n) is 2.74. The summed E-state index contributed by atoms with van der Waals surface area (Å²) in [7, 11) is 0. The number of nitro benzene ring substituents is 1. The van der Waals surface area contributed by atoms with Crippen molar-refractivity contribution in [3.63, 3.8) is 0 Å². The van der Waals surface area contributed by atoms with E-state index in [1.807, 2.05) is 13.0 Å². The molecule has 0 saturated carbocycles. The van der Waals surface area contributed by atoms with Crippen molar-refractivity contribution >= 4 is 17.3 Å². The van der Waals surface area contributed by atoms with Gasteiger partial charge in [0, 0.05) is 35.5 Å². The fourth-order valence-corrected chi connectivity index (χ4v) is 1.90. The number of hydrogen-bond acceptors (Lipinski definition) is 5. The van der Waals surface area contributed by atoms with Crippen molar-refractivity contribution in [3.8, 4) is 11.6 Å². The number of ether oxygens (including phenoxy) is 1. The van der Waals surface area contributed by atoms with Crippen molar-refractivity contribution in [1.82, 2.24) is 10.3 Å². The molecule has 2 aromatic rings. The first-order valence-electron chi connectivity index (χ1n) is 6.38. The van der Waals surface area contributed by atoms with Gasteiger partial charge in [-0.05, 0) is 18.7 Å². The molecule has 0 saturated heterocycles. The number of aromatic nitrogens is 1. The van der Waals surface area contributed by atoms with Gasteiger partial charge in [-0.2, -0.15) is 0 Å². The molecule has 21 heavy (non-hydrogen) atoms. The Balaban J connectivity index is 2.34. The van der Waals surface area contributed by atoms with E-state index >= 15 is 0 Å². The van der Waals surface area contributed by atoms with Gasteiger partial charge in [0.25, 0.3) is 0 Å². The van der Waals surface area contributed by atoms with Crippen LogP contribution in [-0.2, 0) is 6.54 Å². The Morgan fingerprint density at radius 3 is 2.95 bits per heavy atom. The zero-order valence-electron chi connectivity index (χ0n) is 11.4. The minimum Gasteiger partial charge on any atom is -0.431 e. The molecule has 1 heterocycles. The lowest BCUT2D eigenvalue weighted by Gasteiger charge is -2.10.